The van der Waals surface area contributed by atoms with Crippen molar-refractivity contribution in [3.8, 4) is 0 Å². The fraction of sp³-hybridized carbons (Fsp3) is 0.429. The molecule has 1 aromatic rings. The molecule has 0 aromatic heterocycles. The van der Waals surface area contributed by atoms with Gasteiger partial charge in [0.05, 0.1) is 7.11 Å². The van der Waals surface area contributed by atoms with Gasteiger partial charge in [-0.2, -0.15) is 0 Å². The maximum absolute atomic E-state index is 12.0. The predicted octanol–water partition coefficient (Wildman–Crippen LogP) is 3.59. The fourth-order valence-corrected chi connectivity index (χ4v) is 2.30. The molecular weight excluding hydrogens is 296 g/mol. The van der Waals surface area contributed by atoms with Crippen LogP contribution in [0.15, 0.2) is 16.6 Å². The number of carbonyl (C=O) groups excluding carboxylic acids is 2. The van der Waals surface area contributed by atoms with Gasteiger partial charge in [0.2, 0.25) is 0 Å². The summed E-state index contributed by atoms with van der Waals surface area (Å²) in [5.74, 6) is -0.226. The molecule has 98 valence electrons. The monoisotopic (exact) mass is 312 g/mol. The van der Waals surface area contributed by atoms with Gasteiger partial charge in [0, 0.05) is 22.9 Å². The van der Waals surface area contributed by atoms with Gasteiger partial charge in [-0.25, -0.2) is 0 Å². The molecule has 0 fully saturated rings. The third kappa shape index (κ3) is 3.95. The summed E-state index contributed by atoms with van der Waals surface area (Å²) >= 11 is 3.40. The van der Waals surface area contributed by atoms with Crippen LogP contribution in [-0.4, -0.2) is 18.9 Å². The van der Waals surface area contributed by atoms with Crippen molar-refractivity contribution in [3.05, 3.63) is 33.3 Å². The van der Waals surface area contributed by atoms with E-state index >= 15 is 0 Å². The van der Waals surface area contributed by atoms with E-state index in [9.17, 15) is 9.59 Å². The van der Waals surface area contributed by atoms with Crippen LogP contribution in [0.4, 0.5) is 0 Å². The summed E-state index contributed by atoms with van der Waals surface area (Å²) in [6.45, 7) is 3.98. The molecule has 4 heteroatoms. The predicted molar refractivity (Wildman–Crippen MR) is 73.8 cm³/mol. The molecule has 3 nitrogen and oxygen atoms in total. The molecule has 0 saturated heterocycles. The number of hydrogen-bond acceptors (Lipinski definition) is 3. The number of ether oxygens (including phenoxy) is 1. The van der Waals surface area contributed by atoms with Crippen molar-refractivity contribution in [2.45, 2.75) is 33.1 Å². The third-order valence-electron chi connectivity index (χ3n) is 2.90. The van der Waals surface area contributed by atoms with Crippen LogP contribution in [0.2, 0.25) is 0 Å². The van der Waals surface area contributed by atoms with Crippen LogP contribution in [0.3, 0.4) is 0 Å². The highest BCUT2D eigenvalue weighted by Gasteiger charge is 2.12. The summed E-state index contributed by atoms with van der Waals surface area (Å²) in [5, 5.41) is 0. The first-order valence-corrected chi connectivity index (χ1v) is 6.61. The first kappa shape index (κ1) is 14.9. The summed E-state index contributed by atoms with van der Waals surface area (Å²) in [7, 11) is 1.35. The topological polar surface area (TPSA) is 43.4 Å². The largest absolute Gasteiger partial charge is 0.469 e. The van der Waals surface area contributed by atoms with Crippen molar-refractivity contribution in [1.82, 2.24) is 0 Å². The highest BCUT2D eigenvalue weighted by molar-refractivity contribution is 9.10. The number of ketones is 1. The summed E-state index contributed by atoms with van der Waals surface area (Å²) in [6, 6.07) is 3.84. The van der Waals surface area contributed by atoms with E-state index in [1.165, 1.54) is 7.11 Å². The molecule has 0 saturated carbocycles. The van der Waals surface area contributed by atoms with E-state index in [1.807, 2.05) is 26.0 Å². The molecule has 1 rings (SSSR count). The molecule has 0 unspecified atom stereocenters. The number of aryl methyl sites for hydroxylation is 2. The van der Waals surface area contributed by atoms with E-state index in [4.69, 9.17) is 0 Å². The van der Waals surface area contributed by atoms with Gasteiger partial charge >= 0.3 is 5.97 Å². The van der Waals surface area contributed by atoms with Gasteiger partial charge < -0.3 is 4.74 Å². The minimum absolute atomic E-state index is 0.0499. The number of Topliss-reactive ketones (excluding diaryl/α,β-unsaturated/α-hetero) is 1. The molecule has 0 bridgehead atoms. The van der Waals surface area contributed by atoms with Crippen LogP contribution in [0.1, 0.15) is 40.7 Å². The van der Waals surface area contributed by atoms with Gasteiger partial charge in [0.15, 0.2) is 5.78 Å². The molecule has 0 heterocycles. The molecule has 0 aliphatic heterocycles. The molecule has 0 aliphatic carbocycles. The Hall–Kier alpha value is -1.16. The molecule has 18 heavy (non-hydrogen) atoms. The minimum atomic E-state index is -0.276. The number of halogens is 1. The molecule has 0 N–H and O–H groups in total. The van der Waals surface area contributed by atoms with E-state index in [0.29, 0.717) is 18.4 Å². The Kier molecular flexibility index (Phi) is 5.54. The minimum Gasteiger partial charge on any atom is -0.469 e. The lowest BCUT2D eigenvalue weighted by molar-refractivity contribution is -0.140. The Morgan fingerprint density at radius 1 is 1.17 bits per heavy atom. The molecule has 0 spiro atoms. The third-order valence-corrected chi connectivity index (χ3v) is 3.55. The highest BCUT2D eigenvalue weighted by atomic mass is 79.9. The quantitative estimate of drug-likeness (QED) is 0.616. The maximum Gasteiger partial charge on any atom is 0.305 e. The van der Waals surface area contributed by atoms with Gasteiger partial charge in [0.1, 0.15) is 0 Å². The van der Waals surface area contributed by atoms with E-state index in [-0.39, 0.29) is 18.2 Å². The van der Waals surface area contributed by atoms with Gasteiger partial charge in [-0.05, 0) is 43.5 Å². The van der Waals surface area contributed by atoms with Crippen molar-refractivity contribution in [3.63, 3.8) is 0 Å². The number of methoxy groups -OCH3 is 1. The lowest BCUT2D eigenvalue weighted by atomic mass is 10.0. The van der Waals surface area contributed by atoms with Gasteiger partial charge in [-0.3, -0.25) is 9.59 Å². The van der Waals surface area contributed by atoms with Crippen LogP contribution in [0, 0.1) is 13.8 Å². The number of carbonyl (C=O) groups is 2. The molecular formula is C14H17BrO3. The van der Waals surface area contributed by atoms with Crippen molar-refractivity contribution in [2.75, 3.05) is 7.11 Å². The maximum atomic E-state index is 12.0. The fourth-order valence-electron chi connectivity index (χ4n) is 1.62. The van der Waals surface area contributed by atoms with Crippen LogP contribution >= 0.6 is 15.9 Å². The second-order valence-electron chi connectivity index (χ2n) is 4.27. The molecule has 0 aliphatic rings. The van der Waals surface area contributed by atoms with Gasteiger partial charge in [-0.1, -0.05) is 15.9 Å². The molecule has 0 amide bonds. The lowest BCUT2D eigenvalue weighted by Crippen LogP contribution is -2.05. The zero-order chi connectivity index (χ0) is 13.7. The number of hydrogen-bond donors (Lipinski definition) is 0. The normalized spacial score (nSPS) is 10.2. The average molecular weight is 313 g/mol. The first-order chi connectivity index (χ1) is 8.45. The highest BCUT2D eigenvalue weighted by Crippen LogP contribution is 2.23. The second kappa shape index (κ2) is 6.69. The Morgan fingerprint density at radius 2 is 1.78 bits per heavy atom. The Balaban J connectivity index is 2.67. The first-order valence-electron chi connectivity index (χ1n) is 5.82. The zero-order valence-corrected chi connectivity index (χ0v) is 12.5. The van der Waals surface area contributed by atoms with E-state index in [1.54, 1.807) is 0 Å². The smallest absolute Gasteiger partial charge is 0.305 e. The van der Waals surface area contributed by atoms with E-state index < -0.39 is 0 Å². The van der Waals surface area contributed by atoms with Crippen LogP contribution in [-0.2, 0) is 9.53 Å². The summed E-state index contributed by atoms with van der Waals surface area (Å²) in [4.78, 5) is 23.0. The van der Waals surface area contributed by atoms with Crippen LogP contribution in [0.25, 0.3) is 0 Å². The number of rotatable bonds is 5. The Morgan fingerprint density at radius 3 is 2.39 bits per heavy atom. The second-order valence-corrected chi connectivity index (χ2v) is 5.12. The van der Waals surface area contributed by atoms with Crippen molar-refractivity contribution in [1.29, 1.82) is 0 Å². The van der Waals surface area contributed by atoms with E-state index in [0.717, 1.165) is 15.6 Å². The zero-order valence-electron chi connectivity index (χ0n) is 10.9. The molecule has 1 aromatic carbocycles. The SMILES string of the molecule is COC(=O)CCCC(=O)c1cc(C)c(C)cc1Br. The average Bonchev–Trinajstić information content (AvgIpc) is 2.33. The Labute approximate surface area is 116 Å². The molecule has 0 radical (unpaired) electrons. The number of esters is 1. The van der Waals surface area contributed by atoms with Gasteiger partial charge in [-0.15, -0.1) is 0 Å². The van der Waals surface area contributed by atoms with E-state index in [2.05, 4.69) is 20.7 Å². The summed E-state index contributed by atoms with van der Waals surface area (Å²) in [6.07, 6.45) is 1.16. The summed E-state index contributed by atoms with van der Waals surface area (Å²) in [5.41, 5.74) is 2.92. The van der Waals surface area contributed by atoms with Gasteiger partial charge in [0.25, 0.3) is 0 Å². The van der Waals surface area contributed by atoms with Crippen molar-refractivity contribution >= 4 is 27.7 Å². The van der Waals surface area contributed by atoms with Crippen molar-refractivity contribution in [2.24, 2.45) is 0 Å². The standard InChI is InChI=1S/C14H17BrO3/c1-9-7-11(12(15)8-10(9)2)13(16)5-4-6-14(17)18-3/h7-8H,4-6H2,1-3H3. The summed E-state index contributed by atoms with van der Waals surface area (Å²) < 4.78 is 5.35. The van der Waals surface area contributed by atoms with Crippen molar-refractivity contribution < 1.29 is 14.3 Å². The van der Waals surface area contributed by atoms with Crippen LogP contribution < -0.4 is 0 Å². The number of benzene rings is 1. The van der Waals surface area contributed by atoms with Crippen LogP contribution in [0.5, 0.6) is 0 Å². The molecule has 0 atom stereocenters. The Bertz CT molecular complexity index is 466. The lowest BCUT2D eigenvalue weighted by Gasteiger charge is -2.07.